The second kappa shape index (κ2) is 6.28. The van der Waals surface area contributed by atoms with Gasteiger partial charge in [0, 0.05) is 24.8 Å². The van der Waals surface area contributed by atoms with Crippen LogP contribution in [0.4, 0.5) is 5.69 Å². The highest BCUT2D eigenvalue weighted by Gasteiger charge is 2.09. The van der Waals surface area contributed by atoms with E-state index in [1.54, 1.807) is 7.05 Å². The number of carbonyl (C=O) groups is 1. The molecule has 0 bridgehead atoms. The molecule has 0 saturated heterocycles. The molecule has 0 spiro atoms. The smallest absolute Gasteiger partial charge is 0.251 e. The van der Waals surface area contributed by atoms with Gasteiger partial charge in [0.25, 0.3) is 5.91 Å². The number of carbonyl (C=O) groups excluding carboxylic acids is 1. The average molecular weight is 234 g/mol. The zero-order chi connectivity index (χ0) is 12.8. The van der Waals surface area contributed by atoms with E-state index < -0.39 is 0 Å². The van der Waals surface area contributed by atoms with Gasteiger partial charge in [0.15, 0.2) is 0 Å². The lowest BCUT2D eigenvalue weighted by Crippen LogP contribution is -2.19. The first kappa shape index (κ1) is 13.6. The first-order chi connectivity index (χ1) is 8.06. The van der Waals surface area contributed by atoms with Crippen molar-refractivity contribution >= 4 is 11.6 Å². The summed E-state index contributed by atoms with van der Waals surface area (Å²) in [5, 5.41) is 6.04. The molecule has 0 heterocycles. The summed E-state index contributed by atoms with van der Waals surface area (Å²) in [5.74, 6) is 0.653. The number of benzene rings is 1. The Morgan fingerprint density at radius 2 is 2.06 bits per heavy atom. The fraction of sp³-hybridized carbons (Fsp3) is 0.500. The Bertz CT molecular complexity index is 386. The van der Waals surface area contributed by atoms with E-state index in [2.05, 4.69) is 24.5 Å². The fourth-order valence-electron chi connectivity index (χ4n) is 1.70. The number of hydrogen-bond acceptors (Lipinski definition) is 2. The third-order valence-corrected chi connectivity index (χ3v) is 2.84. The highest BCUT2D eigenvalue weighted by molar-refractivity contribution is 5.96. The van der Waals surface area contributed by atoms with Crippen LogP contribution in [0.15, 0.2) is 18.2 Å². The third-order valence-electron chi connectivity index (χ3n) is 2.84. The van der Waals surface area contributed by atoms with Crippen molar-refractivity contribution in [1.29, 1.82) is 0 Å². The molecule has 17 heavy (non-hydrogen) atoms. The summed E-state index contributed by atoms with van der Waals surface area (Å²) in [7, 11) is 1.65. The van der Waals surface area contributed by atoms with Gasteiger partial charge < -0.3 is 10.6 Å². The molecule has 94 valence electrons. The van der Waals surface area contributed by atoms with Crippen LogP contribution in [-0.2, 0) is 0 Å². The molecule has 1 aromatic carbocycles. The second-order valence-corrected chi connectivity index (χ2v) is 4.67. The van der Waals surface area contributed by atoms with E-state index in [4.69, 9.17) is 0 Å². The second-order valence-electron chi connectivity index (χ2n) is 4.67. The van der Waals surface area contributed by atoms with Gasteiger partial charge in [0.05, 0.1) is 0 Å². The van der Waals surface area contributed by atoms with Crippen molar-refractivity contribution in [3.05, 3.63) is 29.3 Å². The summed E-state index contributed by atoms with van der Waals surface area (Å²) in [6, 6.07) is 5.78. The predicted octanol–water partition coefficient (Wildman–Crippen LogP) is 2.81. The van der Waals surface area contributed by atoms with Crippen LogP contribution >= 0.6 is 0 Å². The molecule has 3 heteroatoms. The van der Waals surface area contributed by atoms with Crippen molar-refractivity contribution in [2.75, 3.05) is 18.9 Å². The summed E-state index contributed by atoms with van der Waals surface area (Å²) in [5.41, 5.74) is 2.80. The van der Waals surface area contributed by atoms with E-state index in [9.17, 15) is 4.79 Å². The molecule has 0 aliphatic carbocycles. The summed E-state index contributed by atoms with van der Waals surface area (Å²) >= 11 is 0. The predicted molar refractivity (Wildman–Crippen MR) is 72.5 cm³/mol. The van der Waals surface area contributed by atoms with Crippen LogP contribution in [0.1, 0.15) is 36.2 Å². The van der Waals surface area contributed by atoms with Crippen LogP contribution in [0.2, 0.25) is 0 Å². The minimum Gasteiger partial charge on any atom is -0.385 e. The zero-order valence-electron chi connectivity index (χ0n) is 11.1. The fourth-order valence-corrected chi connectivity index (χ4v) is 1.70. The molecular weight excluding hydrogens is 212 g/mol. The van der Waals surface area contributed by atoms with Crippen LogP contribution in [0.25, 0.3) is 0 Å². The van der Waals surface area contributed by atoms with Crippen LogP contribution in [0, 0.1) is 12.8 Å². The van der Waals surface area contributed by atoms with Gasteiger partial charge in [-0.2, -0.15) is 0 Å². The van der Waals surface area contributed by atoms with E-state index in [-0.39, 0.29) is 5.91 Å². The van der Waals surface area contributed by atoms with Crippen LogP contribution in [-0.4, -0.2) is 19.5 Å². The molecule has 0 radical (unpaired) electrons. The maximum atomic E-state index is 11.6. The number of anilines is 1. The zero-order valence-corrected chi connectivity index (χ0v) is 11.1. The standard InChI is InChI=1S/C14H22N2O/c1-10(2)8-9-16-13-7-5-6-12(11(13)3)14(17)15-4/h5-7,10,16H,8-9H2,1-4H3,(H,15,17). The highest BCUT2D eigenvalue weighted by atomic mass is 16.1. The monoisotopic (exact) mass is 234 g/mol. The third kappa shape index (κ3) is 3.77. The number of amides is 1. The van der Waals surface area contributed by atoms with E-state index in [0.717, 1.165) is 29.8 Å². The summed E-state index contributed by atoms with van der Waals surface area (Å²) in [4.78, 5) is 11.6. The molecule has 0 saturated carbocycles. The molecule has 0 aliphatic heterocycles. The van der Waals surface area contributed by atoms with Gasteiger partial charge in [-0.25, -0.2) is 0 Å². The maximum absolute atomic E-state index is 11.6. The van der Waals surface area contributed by atoms with Gasteiger partial charge in [-0.1, -0.05) is 19.9 Å². The van der Waals surface area contributed by atoms with Crippen molar-refractivity contribution in [2.24, 2.45) is 5.92 Å². The minimum atomic E-state index is -0.0324. The van der Waals surface area contributed by atoms with E-state index in [0.29, 0.717) is 5.92 Å². The van der Waals surface area contributed by atoms with Gasteiger partial charge in [-0.3, -0.25) is 4.79 Å². The number of hydrogen-bond donors (Lipinski definition) is 2. The van der Waals surface area contributed by atoms with E-state index >= 15 is 0 Å². The molecule has 0 atom stereocenters. The van der Waals surface area contributed by atoms with Gasteiger partial charge in [-0.15, -0.1) is 0 Å². The Morgan fingerprint density at radius 1 is 1.35 bits per heavy atom. The molecule has 1 amide bonds. The molecule has 1 aromatic rings. The summed E-state index contributed by atoms with van der Waals surface area (Å²) in [6.07, 6.45) is 1.13. The Kier molecular flexibility index (Phi) is 5.01. The van der Waals surface area contributed by atoms with Gasteiger partial charge in [-0.05, 0) is 37.0 Å². The molecule has 0 fully saturated rings. The molecule has 0 unspecified atom stereocenters. The summed E-state index contributed by atoms with van der Waals surface area (Å²) < 4.78 is 0. The van der Waals surface area contributed by atoms with Gasteiger partial charge in [0.2, 0.25) is 0 Å². The molecule has 0 aliphatic rings. The Hall–Kier alpha value is -1.51. The lowest BCUT2D eigenvalue weighted by Gasteiger charge is -2.13. The molecule has 3 nitrogen and oxygen atoms in total. The minimum absolute atomic E-state index is 0.0324. The van der Waals surface area contributed by atoms with Crippen LogP contribution in [0.3, 0.4) is 0 Å². The lowest BCUT2D eigenvalue weighted by molar-refractivity contribution is 0.0962. The van der Waals surface area contributed by atoms with Gasteiger partial charge >= 0.3 is 0 Å². The van der Waals surface area contributed by atoms with Crippen molar-refractivity contribution in [3.63, 3.8) is 0 Å². The lowest BCUT2D eigenvalue weighted by atomic mass is 10.1. The SMILES string of the molecule is CNC(=O)c1cccc(NCCC(C)C)c1C. The van der Waals surface area contributed by atoms with Crippen molar-refractivity contribution in [2.45, 2.75) is 27.2 Å². The van der Waals surface area contributed by atoms with E-state index in [1.807, 2.05) is 25.1 Å². The normalized spacial score (nSPS) is 10.4. The van der Waals surface area contributed by atoms with Crippen molar-refractivity contribution in [1.82, 2.24) is 5.32 Å². The molecule has 0 aromatic heterocycles. The average Bonchev–Trinajstić information content (AvgIpc) is 2.30. The Balaban J connectivity index is 2.76. The number of nitrogens with one attached hydrogen (secondary N) is 2. The topological polar surface area (TPSA) is 41.1 Å². The Labute approximate surface area is 104 Å². The summed E-state index contributed by atoms with van der Waals surface area (Å²) in [6.45, 7) is 7.32. The largest absolute Gasteiger partial charge is 0.385 e. The molecule has 2 N–H and O–H groups in total. The maximum Gasteiger partial charge on any atom is 0.251 e. The quantitative estimate of drug-likeness (QED) is 0.822. The van der Waals surface area contributed by atoms with Crippen molar-refractivity contribution < 1.29 is 4.79 Å². The van der Waals surface area contributed by atoms with Crippen LogP contribution < -0.4 is 10.6 Å². The molecular formula is C14H22N2O. The van der Waals surface area contributed by atoms with Crippen LogP contribution in [0.5, 0.6) is 0 Å². The molecule has 1 rings (SSSR count). The first-order valence-electron chi connectivity index (χ1n) is 6.11. The first-order valence-corrected chi connectivity index (χ1v) is 6.11. The highest BCUT2D eigenvalue weighted by Crippen LogP contribution is 2.19. The Morgan fingerprint density at radius 3 is 2.65 bits per heavy atom. The van der Waals surface area contributed by atoms with Crippen molar-refractivity contribution in [3.8, 4) is 0 Å². The van der Waals surface area contributed by atoms with E-state index in [1.165, 1.54) is 0 Å². The number of rotatable bonds is 5. The van der Waals surface area contributed by atoms with Gasteiger partial charge in [0.1, 0.15) is 0 Å².